The van der Waals surface area contributed by atoms with Crippen molar-refractivity contribution in [3.05, 3.63) is 24.3 Å². The highest BCUT2D eigenvalue weighted by Crippen LogP contribution is 2.22. The molecule has 2 nitrogen and oxygen atoms in total. The fourth-order valence-electron chi connectivity index (χ4n) is 2.01. The van der Waals surface area contributed by atoms with E-state index in [0.717, 1.165) is 31.3 Å². The second-order valence-corrected chi connectivity index (χ2v) is 4.45. The molecule has 0 aromatic heterocycles. The van der Waals surface area contributed by atoms with Crippen molar-refractivity contribution in [1.29, 1.82) is 0 Å². The Hall–Kier alpha value is -1.05. The van der Waals surface area contributed by atoms with Gasteiger partial charge < -0.3 is 4.74 Å². The molecule has 0 N–H and O–H groups in total. The van der Waals surface area contributed by atoms with Crippen molar-refractivity contribution in [1.82, 2.24) is 0 Å². The summed E-state index contributed by atoms with van der Waals surface area (Å²) in [6.45, 7) is 5.92. The molecular weight excluding hydrogens is 200 g/mol. The highest BCUT2D eigenvalue weighted by Gasteiger charge is 2.22. The molecule has 2 heteroatoms. The number of hydrogen-bond acceptors (Lipinski definition) is 2. The Bertz CT molecular complexity index is 250. The molecule has 1 aliphatic rings. The summed E-state index contributed by atoms with van der Waals surface area (Å²) in [5.74, 6) is -0.102. The average molecular weight is 222 g/mol. The van der Waals surface area contributed by atoms with E-state index in [1.807, 2.05) is 6.92 Å². The van der Waals surface area contributed by atoms with Crippen LogP contribution in [-0.4, -0.2) is 12.1 Å². The van der Waals surface area contributed by atoms with Crippen LogP contribution in [0.2, 0.25) is 0 Å². The van der Waals surface area contributed by atoms with E-state index in [1.165, 1.54) is 12.8 Å². The fourth-order valence-corrected chi connectivity index (χ4v) is 2.01. The number of cyclic esters (lactones) is 1. The van der Waals surface area contributed by atoms with Crippen molar-refractivity contribution in [3.63, 3.8) is 0 Å². The first-order valence-electron chi connectivity index (χ1n) is 6.19. The molecule has 0 aliphatic carbocycles. The van der Waals surface area contributed by atoms with Gasteiger partial charge in [0.2, 0.25) is 0 Å². The predicted octanol–water partition coefficient (Wildman–Crippen LogP) is 3.77. The van der Waals surface area contributed by atoms with Gasteiger partial charge in [-0.25, -0.2) is 0 Å². The maximum absolute atomic E-state index is 11.2. The number of unbranched alkanes of at least 4 members (excludes halogenated alkanes) is 3. The minimum Gasteiger partial charge on any atom is -0.462 e. The van der Waals surface area contributed by atoms with Crippen LogP contribution in [0.1, 0.15) is 51.9 Å². The maximum Gasteiger partial charge on any atom is 0.310 e. The second kappa shape index (κ2) is 7.26. The van der Waals surface area contributed by atoms with E-state index in [4.69, 9.17) is 4.74 Å². The first-order valence-corrected chi connectivity index (χ1v) is 6.19. The monoisotopic (exact) mass is 222 g/mol. The Morgan fingerprint density at radius 3 is 2.94 bits per heavy atom. The first kappa shape index (κ1) is 13.0. The lowest BCUT2D eigenvalue weighted by atomic mass is 9.99. The zero-order chi connectivity index (χ0) is 11.8. The molecule has 1 fully saturated rings. The number of carbonyl (C=O) groups is 1. The molecule has 1 atom stereocenters. The highest BCUT2D eigenvalue weighted by atomic mass is 16.5. The minimum atomic E-state index is -0.102. The van der Waals surface area contributed by atoms with E-state index in [-0.39, 0.29) is 12.1 Å². The zero-order valence-corrected chi connectivity index (χ0v) is 10.2. The Morgan fingerprint density at radius 1 is 1.44 bits per heavy atom. The molecule has 0 spiro atoms. The van der Waals surface area contributed by atoms with Gasteiger partial charge in [0.05, 0.1) is 6.42 Å². The average Bonchev–Trinajstić information content (AvgIpc) is 2.22. The zero-order valence-electron chi connectivity index (χ0n) is 10.2. The second-order valence-electron chi connectivity index (χ2n) is 4.45. The summed E-state index contributed by atoms with van der Waals surface area (Å²) in [5, 5.41) is 0. The lowest BCUT2D eigenvalue weighted by Gasteiger charge is -2.23. The van der Waals surface area contributed by atoms with Crippen LogP contribution >= 0.6 is 0 Å². The van der Waals surface area contributed by atoms with Gasteiger partial charge >= 0.3 is 5.97 Å². The summed E-state index contributed by atoms with van der Waals surface area (Å²) in [5.41, 5.74) is 1.02. The van der Waals surface area contributed by atoms with Crippen molar-refractivity contribution in [2.45, 2.75) is 58.0 Å². The van der Waals surface area contributed by atoms with Gasteiger partial charge in [0, 0.05) is 6.42 Å². The smallest absolute Gasteiger partial charge is 0.310 e. The van der Waals surface area contributed by atoms with Gasteiger partial charge in [-0.2, -0.15) is 0 Å². The summed E-state index contributed by atoms with van der Waals surface area (Å²) >= 11 is 0. The van der Waals surface area contributed by atoms with Crippen LogP contribution in [-0.2, 0) is 9.53 Å². The SMILES string of the molecule is C=C1CC(=O)O[C@@H](CCCCC/C=C/C)C1. The van der Waals surface area contributed by atoms with E-state index in [0.29, 0.717) is 6.42 Å². The Kier molecular flexibility index (Phi) is 5.91. The molecule has 1 heterocycles. The van der Waals surface area contributed by atoms with Crippen molar-refractivity contribution < 1.29 is 9.53 Å². The number of carbonyl (C=O) groups excluding carboxylic acids is 1. The van der Waals surface area contributed by atoms with Crippen LogP contribution in [0.3, 0.4) is 0 Å². The molecule has 0 aromatic carbocycles. The van der Waals surface area contributed by atoms with Gasteiger partial charge in [-0.3, -0.25) is 4.79 Å². The van der Waals surface area contributed by atoms with Crippen molar-refractivity contribution >= 4 is 5.97 Å². The summed E-state index contributed by atoms with van der Waals surface area (Å²) in [7, 11) is 0. The normalized spacial score (nSPS) is 21.4. The Labute approximate surface area is 98.4 Å². The predicted molar refractivity (Wildman–Crippen MR) is 66.2 cm³/mol. The highest BCUT2D eigenvalue weighted by molar-refractivity contribution is 5.73. The van der Waals surface area contributed by atoms with Gasteiger partial charge in [-0.1, -0.05) is 30.7 Å². The van der Waals surface area contributed by atoms with Crippen LogP contribution in [0.15, 0.2) is 24.3 Å². The minimum absolute atomic E-state index is 0.0930. The molecule has 1 saturated heterocycles. The summed E-state index contributed by atoms with van der Waals surface area (Å²) in [6.07, 6.45) is 11.4. The van der Waals surface area contributed by atoms with E-state index >= 15 is 0 Å². The van der Waals surface area contributed by atoms with Crippen LogP contribution in [0.4, 0.5) is 0 Å². The Morgan fingerprint density at radius 2 is 2.25 bits per heavy atom. The number of allylic oxidation sites excluding steroid dienone is 2. The van der Waals surface area contributed by atoms with Crippen LogP contribution in [0, 0.1) is 0 Å². The van der Waals surface area contributed by atoms with E-state index < -0.39 is 0 Å². The molecule has 0 radical (unpaired) electrons. The molecule has 0 saturated carbocycles. The number of esters is 1. The van der Waals surface area contributed by atoms with Gasteiger partial charge in [-0.15, -0.1) is 0 Å². The number of rotatable bonds is 6. The van der Waals surface area contributed by atoms with Gasteiger partial charge in [0.25, 0.3) is 0 Å². The van der Waals surface area contributed by atoms with Crippen molar-refractivity contribution in [3.8, 4) is 0 Å². The van der Waals surface area contributed by atoms with Gasteiger partial charge in [-0.05, 0) is 32.6 Å². The largest absolute Gasteiger partial charge is 0.462 e. The van der Waals surface area contributed by atoms with E-state index in [9.17, 15) is 4.79 Å². The maximum atomic E-state index is 11.2. The summed E-state index contributed by atoms with van der Waals surface area (Å²) < 4.78 is 5.27. The summed E-state index contributed by atoms with van der Waals surface area (Å²) in [6, 6.07) is 0. The molecular formula is C14H22O2. The number of ether oxygens (including phenoxy) is 1. The van der Waals surface area contributed by atoms with Gasteiger partial charge in [0.15, 0.2) is 0 Å². The van der Waals surface area contributed by atoms with Crippen molar-refractivity contribution in [2.75, 3.05) is 0 Å². The van der Waals surface area contributed by atoms with Gasteiger partial charge in [0.1, 0.15) is 6.10 Å². The third-order valence-corrected chi connectivity index (χ3v) is 2.84. The van der Waals surface area contributed by atoms with E-state index in [1.54, 1.807) is 0 Å². The molecule has 0 unspecified atom stereocenters. The third kappa shape index (κ3) is 5.15. The Balaban J connectivity index is 2.08. The quantitative estimate of drug-likeness (QED) is 0.388. The standard InChI is InChI=1S/C14H22O2/c1-3-4-5-6-7-8-9-13-10-12(2)11-14(15)16-13/h3-4,13H,2,5-11H2,1H3/b4-3+/t13-/m0/s1. The fraction of sp³-hybridized carbons (Fsp3) is 0.643. The van der Waals surface area contributed by atoms with Crippen molar-refractivity contribution in [2.24, 2.45) is 0 Å². The number of hydrogen-bond donors (Lipinski definition) is 0. The van der Waals surface area contributed by atoms with E-state index in [2.05, 4.69) is 18.7 Å². The van der Waals surface area contributed by atoms with Crippen LogP contribution in [0.5, 0.6) is 0 Å². The topological polar surface area (TPSA) is 26.3 Å². The van der Waals surface area contributed by atoms with Crippen LogP contribution in [0.25, 0.3) is 0 Å². The molecule has 16 heavy (non-hydrogen) atoms. The summed E-state index contributed by atoms with van der Waals surface area (Å²) in [4.78, 5) is 11.2. The molecule has 1 aliphatic heterocycles. The lowest BCUT2D eigenvalue weighted by molar-refractivity contribution is -0.151. The molecule has 90 valence electrons. The van der Waals surface area contributed by atoms with Crippen LogP contribution < -0.4 is 0 Å². The molecule has 0 aromatic rings. The molecule has 0 bridgehead atoms. The third-order valence-electron chi connectivity index (χ3n) is 2.84. The molecule has 0 amide bonds. The lowest BCUT2D eigenvalue weighted by Crippen LogP contribution is -2.24. The first-order chi connectivity index (χ1) is 7.72. The molecule has 1 rings (SSSR count).